The number of benzene rings is 2. The van der Waals surface area contributed by atoms with Crippen molar-refractivity contribution in [1.29, 1.82) is 0 Å². The third-order valence-electron chi connectivity index (χ3n) is 3.70. The second kappa shape index (κ2) is 5.74. The lowest BCUT2D eigenvalue weighted by Crippen LogP contribution is -2.14. The van der Waals surface area contributed by atoms with Crippen LogP contribution >= 0.6 is 8.03 Å². The minimum atomic E-state index is -2.90. The molecule has 0 aliphatic heterocycles. The Morgan fingerprint density at radius 3 is 2.25 bits per heavy atom. The molecule has 20 heavy (non-hydrogen) atoms. The Morgan fingerprint density at radius 1 is 0.950 bits per heavy atom. The highest BCUT2D eigenvalue weighted by molar-refractivity contribution is 7.47. The third-order valence-corrected chi connectivity index (χ3v) is 4.60. The first kappa shape index (κ1) is 14.7. The zero-order chi connectivity index (χ0) is 14.9. The molecule has 0 aliphatic rings. The standard InChI is InChI=1S/C16H17O3P/c1-10-8-9-13(12(3)11(10)2)16(17)14-6-4-5-7-15(14)20(18)19/h4-9,20H,1-3H3,(H,18,19). The molecular weight excluding hydrogens is 271 g/mol. The van der Waals surface area contributed by atoms with Crippen molar-refractivity contribution in [3.05, 3.63) is 64.2 Å². The molecule has 0 amide bonds. The zero-order valence-corrected chi connectivity index (χ0v) is 12.7. The summed E-state index contributed by atoms with van der Waals surface area (Å²) in [5, 5.41) is 0.222. The molecule has 1 atom stereocenters. The normalized spacial score (nSPS) is 12.2. The van der Waals surface area contributed by atoms with Crippen molar-refractivity contribution in [3.63, 3.8) is 0 Å². The van der Waals surface area contributed by atoms with Crippen LogP contribution in [0.5, 0.6) is 0 Å². The molecule has 0 bridgehead atoms. The van der Waals surface area contributed by atoms with Crippen LogP contribution < -0.4 is 5.30 Å². The highest BCUT2D eigenvalue weighted by atomic mass is 31.1. The van der Waals surface area contributed by atoms with Crippen molar-refractivity contribution < 1.29 is 14.3 Å². The number of aryl methyl sites for hydroxylation is 1. The Morgan fingerprint density at radius 2 is 1.60 bits per heavy atom. The molecule has 0 aliphatic carbocycles. The quantitative estimate of drug-likeness (QED) is 0.698. The Labute approximate surface area is 119 Å². The molecule has 0 spiro atoms. The van der Waals surface area contributed by atoms with Crippen LogP contribution in [-0.4, -0.2) is 10.7 Å². The molecule has 104 valence electrons. The van der Waals surface area contributed by atoms with Gasteiger partial charge in [0.15, 0.2) is 5.78 Å². The number of hydrogen-bond donors (Lipinski definition) is 1. The van der Waals surface area contributed by atoms with Crippen LogP contribution in [0.15, 0.2) is 36.4 Å². The summed E-state index contributed by atoms with van der Waals surface area (Å²) in [4.78, 5) is 22.0. The molecule has 2 aromatic rings. The fourth-order valence-electron chi connectivity index (χ4n) is 2.21. The van der Waals surface area contributed by atoms with Crippen molar-refractivity contribution in [2.24, 2.45) is 0 Å². The van der Waals surface area contributed by atoms with Gasteiger partial charge in [0.1, 0.15) is 0 Å². The van der Waals surface area contributed by atoms with Gasteiger partial charge in [0.25, 0.3) is 0 Å². The van der Waals surface area contributed by atoms with E-state index in [2.05, 4.69) is 0 Å². The molecule has 3 nitrogen and oxygen atoms in total. The zero-order valence-electron chi connectivity index (χ0n) is 11.7. The smallest absolute Gasteiger partial charge is 0.218 e. The fraction of sp³-hybridized carbons (Fsp3) is 0.188. The van der Waals surface area contributed by atoms with E-state index in [0.29, 0.717) is 11.1 Å². The third kappa shape index (κ3) is 2.60. The molecule has 2 aromatic carbocycles. The van der Waals surface area contributed by atoms with Crippen LogP contribution in [-0.2, 0) is 4.57 Å². The monoisotopic (exact) mass is 288 g/mol. The summed E-state index contributed by atoms with van der Waals surface area (Å²) in [5.41, 5.74) is 4.02. The first-order valence-electron chi connectivity index (χ1n) is 6.37. The minimum absolute atomic E-state index is 0.200. The lowest BCUT2D eigenvalue weighted by atomic mass is 9.93. The van der Waals surface area contributed by atoms with E-state index >= 15 is 0 Å². The van der Waals surface area contributed by atoms with E-state index in [1.807, 2.05) is 26.8 Å². The summed E-state index contributed by atoms with van der Waals surface area (Å²) in [6, 6.07) is 10.2. The molecule has 2 rings (SSSR count). The van der Waals surface area contributed by atoms with Crippen LogP contribution in [0.2, 0.25) is 0 Å². The van der Waals surface area contributed by atoms with E-state index < -0.39 is 8.03 Å². The maximum Gasteiger partial charge on any atom is 0.218 e. The van der Waals surface area contributed by atoms with Gasteiger partial charge >= 0.3 is 0 Å². The van der Waals surface area contributed by atoms with Crippen LogP contribution in [0, 0.1) is 20.8 Å². The first-order valence-corrected chi connectivity index (χ1v) is 7.73. The molecule has 0 saturated carbocycles. The molecule has 0 aromatic heterocycles. The maximum atomic E-state index is 12.6. The van der Waals surface area contributed by atoms with E-state index in [-0.39, 0.29) is 11.1 Å². The average molecular weight is 288 g/mol. The van der Waals surface area contributed by atoms with Gasteiger partial charge in [-0.05, 0) is 43.5 Å². The molecule has 1 N–H and O–H groups in total. The SMILES string of the molecule is Cc1ccc(C(=O)c2ccccc2[PH](=O)O)c(C)c1C. The van der Waals surface area contributed by atoms with E-state index in [4.69, 9.17) is 0 Å². The summed E-state index contributed by atoms with van der Waals surface area (Å²) in [6.45, 7) is 5.87. The summed E-state index contributed by atoms with van der Waals surface area (Å²) >= 11 is 0. The van der Waals surface area contributed by atoms with Crippen molar-refractivity contribution in [2.45, 2.75) is 20.8 Å². The van der Waals surface area contributed by atoms with Gasteiger partial charge in [-0.2, -0.15) is 0 Å². The maximum absolute atomic E-state index is 12.6. The average Bonchev–Trinajstić information content (AvgIpc) is 2.44. The van der Waals surface area contributed by atoms with E-state index in [0.717, 1.165) is 16.7 Å². The van der Waals surface area contributed by atoms with Gasteiger partial charge in [-0.1, -0.05) is 30.3 Å². The number of carbonyl (C=O) groups excluding carboxylic acids is 1. The van der Waals surface area contributed by atoms with Gasteiger partial charge in [0.2, 0.25) is 8.03 Å². The van der Waals surface area contributed by atoms with E-state index in [1.54, 1.807) is 24.3 Å². The number of rotatable bonds is 3. The van der Waals surface area contributed by atoms with Crippen molar-refractivity contribution in [3.8, 4) is 0 Å². The Balaban J connectivity index is 2.58. The van der Waals surface area contributed by atoms with Gasteiger partial charge in [-0.25, -0.2) is 0 Å². The molecule has 0 heterocycles. The molecule has 4 heteroatoms. The first-order chi connectivity index (χ1) is 9.43. The van der Waals surface area contributed by atoms with E-state index in [1.165, 1.54) is 6.07 Å². The second-order valence-corrected chi connectivity index (χ2v) is 6.01. The molecule has 1 unspecified atom stereocenters. The summed E-state index contributed by atoms with van der Waals surface area (Å²) < 4.78 is 11.4. The van der Waals surface area contributed by atoms with Gasteiger partial charge in [-0.3, -0.25) is 9.36 Å². The van der Waals surface area contributed by atoms with E-state index in [9.17, 15) is 14.3 Å². The van der Waals surface area contributed by atoms with Crippen LogP contribution in [0.25, 0.3) is 0 Å². The minimum Gasteiger partial charge on any atom is -0.343 e. The van der Waals surface area contributed by atoms with Crippen LogP contribution in [0.1, 0.15) is 32.6 Å². The van der Waals surface area contributed by atoms with Crippen LogP contribution in [0.4, 0.5) is 0 Å². The van der Waals surface area contributed by atoms with Crippen LogP contribution in [0.3, 0.4) is 0 Å². The fourth-order valence-corrected chi connectivity index (χ4v) is 2.88. The summed E-state index contributed by atoms with van der Waals surface area (Å²) in [7, 11) is -2.90. The lowest BCUT2D eigenvalue weighted by Gasteiger charge is -2.12. The number of ketones is 1. The molecule has 0 saturated heterocycles. The summed E-state index contributed by atoms with van der Waals surface area (Å²) in [6.07, 6.45) is 0. The van der Waals surface area contributed by atoms with Gasteiger partial charge in [0.05, 0.1) is 0 Å². The lowest BCUT2D eigenvalue weighted by molar-refractivity contribution is 0.103. The van der Waals surface area contributed by atoms with Gasteiger partial charge < -0.3 is 4.89 Å². The molecular formula is C16H17O3P. The topological polar surface area (TPSA) is 54.4 Å². The Bertz CT molecular complexity index is 705. The van der Waals surface area contributed by atoms with Crippen molar-refractivity contribution >= 4 is 19.1 Å². The van der Waals surface area contributed by atoms with Gasteiger partial charge in [0, 0.05) is 16.4 Å². The van der Waals surface area contributed by atoms with Crippen molar-refractivity contribution in [1.82, 2.24) is 0 Å². The highest BCUT2D eigenvalue weighted by Crippen LogP contribution is 2.23. The number of hydrogen-bond acceptors (Lipinski definition) is 2. The Kier molecular flexibility index (Phi) is 4.22. The highest BCUT2D eigenvalue weighted by Gasteiger charge is 2.18. The second-order valence-electron chi connectivity index (χ2n) is 4.86. The van der Waals surface area contributed by atoms with Crippen molar-refractivity contribution in [2.75, 3.05) is 0 Å². The predicted octanol–water partition coefficient (Wildman–Crippen LogP) is 2.94. The number of carbonyl (C=O) groups is 1. The molecule has 0 radical (unpaired) electrons. The molecule has 0 fully saturated rings. The predicted molar refractivity (Wildman–Crippen MR) is 81.4 cm³/mol. The summed E-state index contributed by atoms with van der Waals surface area (Å²) in [5.74, 6) is -0.200. The largest absolute Gasteiger partial charge is 0.343 e. The van der Waals surface area contributed by atoms with Gasteiger partial charge in [-0.15, -0.1) is 0 Å². The Hall–Kier alpha value is -1.70.